The molecule has 0 saturated heterocycles. The molecule has 0 atom stereocenters. The first-order chi connectivity index (χ1) is 11.9. The number of esters is 1. The lowest BCUT2D eigenvalue weighted by Gasteiger charge is -2.07. The highest BCUT2D eigenvalue weighted by atomic mass is 32.1. The maximum atomic E-state index is 12.4. The van der Waals surface area contributed by atoms with Crippen LogP contribution in [0.4, 0.5) is 5.13 Å². The van der Waals surface area contributed by atoms with Crippen LogP contribution < -0.4 is 10.1 Å². The van der Waals surface area contributed by atoms with Gasteiger partial charge >= 0.3 is 5.97 Å². The van der Waals surface area contributed by atoms with Crippen molar-refractivity contribution < 1.29 is 24.3 Å². The normalized spacial score (nSPS) is 10.2. The van der Waals surface area contributed by atoms with Crippen LogP contribution in [0.2, 0.25) is 0 Å². The van der Waals surface area contributed by atoms with E-state index < -0.39 is 17.0 Å². The van der Waals surface area contributed by atoms with Gasteiger partial charge in [0.2, 0.25) is 0 Å². The molecular weight excluding hydrogens is 350 g/mol. The molecule has 0 aliphatic rings. The fraction of sp³-hybridized carbons (Fsp3) is 0.267. The fourth-order valence-electron chi connectivity index (χ4n) is 1.99. The van der Waals surface area contributed by atoms with Gasteiger partial charge in [0.05, 0.1) is 11.3 Å². The molecular formula is C15H15N3O6S. The number of thiazole rings is 1. The first kappa shape index (κ1) is 18.3. The highest BCUT2D eigenvalue weighted by molar-refractivity contribution is 7.15. The number of hydrogen-bond donors (Lipinski definition) is 1. The number of aryl methyl sites for hydroxylation is 1. The monoisotopic (exact) mass is 365 g/mol. The van der Waals surface area contributed by atoms with Crippen molar-refractivity contribution >= 4 is 28.3 Å². The lowest BCUT2D eigenvalue weighted by Crippen LogP contribution is -2.14. The molecule has 1 heterocycles. The van der Waals surface area contributed by atoms with Gasteiger partial charge < -0.3 is 9.57 Å². The van der Waals surface area contributed by atoms with Crippen molar-refractivity contribution in [3.8, 4) is 5.75 Å². The van der Waals surface area contributed by atoms with Gasteiger partial charge in [0.15, 0.2) is 5.13 Å². The topological polar surface area (TPSA) is 121 Å². The average molecular weight is 365 g/mol. The van der Waals surface area contributed by atoms with Gasteiger partial charge in [-0.25, -0.2) is 4.98 Å². The molecule has 25 heavy (non-hydrogen) atoms. The lowest BCUT2D eigenvalue weighted by molar-refractivity contribution is -0.757. The summed E-state index contributed by atoms with van der Waals surface area (Å²) in [6, 6.07) is 6.34. The third-order valence-electron chi connectivity index (χ3n) is 3.02. The zero-order valence-electron chi connectivity index (χ0n) is 13.5. The molecule has 132 valence electrons. The lowest BCUT2D eigenvalue weighted by atomic mass is 10.2. The van der Waals surface area contributed by atoms with Gasteiger partial charge in [-0.2, -0.15) is 0 Å². The summed E-state index contributed by atoms with van der Waals surface area (Å²) in [7, 11) is 0. The summed E-state index contributed by atoms with van der Waals surface area (Å²) in [5.74, 6) is -0.850. The number of aromatic nitrogens is 1. The van der Waals surface area contributed by atoms with Crippen molar-refractivity contribution in [2.24, 2.45) is 0 Å². The van der Waals surface area contributed by atoms with E-state index in [1.165, 1.54) is 30.4 Å². The van der Waals surface area contributed by atoms with Crippen LogP contribution in [-0.2, 0) is 16.1 Å². The van der Waals surface area contributed by atoms with Crippen LogP contribution in [0.3, 0.4) is 0 Å². The maximum Gasteiger partial charge on any atom is 0.308 e. The molecule has 0 radical (unpaired) electrons. The van der Waals surface area contributed by atoms with Crippen LogP contribution in [0.15, 0.2) is 24.3 Å². The highest BCUT2D eigenvalue weighted by Crippen LogP contribution is 2.25. The Labute approximate surface area is 146 Å². The Kier molecular flexibility index (Phi) is 6.01. The van der Waals surface area contributed by atoms with Gasteiger partial charge in [-0.15, -0.1) is 21.5 Å². The fourth-order valence-corrected chi connectivity index (χ4v) is 2.93. The quantitative estimate of drug-likeness (QED) is 0.346. The van der Waals surface area contributed by atoms with Crippen LogP contribution in [0, 0.1) is 17.0 Å². The second-order valence-electron chi connectivity index (χ2n) is 4.88. The molecule has 1 aromatic carbocycles. The summed E-state index contributed by atoms with van der Waals surface area (Å²) in [5.41, 5.74) is 0.851. The Morgan fingerprint density at radius 1 is 1.36 bits per heavy atom. The summed E-state index contributed by atoms with van der Waals surface area (Å²) in [6.07, 6.45) is 0.310. The Bertz CT molecular complexity index is 804. The number of carbonyl (C=O) groups excluding carboxylic acids is 2. The smallest absolute Gasteiger partial charge is 0.308 e. The van der Waals surface area contributed by atoms with E-state index in [1.54, 1.807) is 19.1 Å². The van der Waals surface area contributed by atoms with Gasteiger partial charge in [0.1, 0.15) is 12.4 Å². The van der Waals surface area contributed by atoms with Gasteiger partial charge in [-0.05, 0) is 19.1 Å². The molecule has 0 saturated carbocycles. The summed E-state index contributed by atoms with van der Waals surface area (Å²) >= 11 is 1.20. The van der Waals surface area contributed by atoms with Crippen LogP contribution in [0.25, 0.3) is 0 Å². The number of rotatable bonds is 7. The number of hydrogen-bond acceptors (Lipinski definition) is 8. The zero-order chi connectivity index (χ0) is 18.4. The number of benzene rings is 1. The molecule has 0 spiro atoms. The predicted octanol–water partition coefficient (Wildman–Crippen LogP) is 2.38. The number of carbonyl (C=O) groups is 2. The molecule has 0 unspecified atom stereocenters. The van der Waals surface area contributed by atoms with Crippen molar-refractivity contribution in [1.82, 2.24) is 4.98 Å². The van der Waals surface area contributed by atoms with E-state index in [9.17, 15) is 19.7 Å². The van der Waals surface area contributed by atoms with Crippen LogP contribution in [0.1, 0.15) is 27.9 Å². The van der Waals surface area contributed by atoms with Gasteiger partial charge in [-0.1, -0.05) is 12.1 Å². The molecule has 1 N–H and O–H groups in total. The Morgan fingerprint density at radius 2 is 2.08 bits per heavy atom. The van der Waals surface area contributed by atoms with E-state index in [0.717, 1.165) is 4.88 Å². The second kappa shape index (κ2) is 8.20. The molecule has 2 rings (SSSR count). The minimum atomic E-state index is -0.856. The Morgan fingerprint density at radius 3 is 2.76 bits per heavy atom. The third-order valence-corrected chi connectivity index (χ3v) is 4.16. The Balaban J connectivity index is 2.08. The first-order valence-electron chi connectivity index (χ1n) is 7.19. The molecule has 0 bridgehead atoms. The minimum absolute atomic E-state index is 0.0846. The van der Waals surface area contributed by atoms with E-state index in [2.05, 4.69) is 15.1 Å². The van der Waals surface area contributed by atoms with Crippen LogP contribution in [0.5, 0.6) is 5.75 Å². The summed E-state index contributed by atoms with van der Waals surface area (Å²) < 4.78 is 5.01. The summed E-state index contributed by atoms with van der Waals surface area (Å²) in [4.78, 5) is 42.9. The third kappa shape index (κ3) is 5.24. The number of ether oxygens (including phenoxy) is 1. The van der Waals surface area contributed by atoms with Crippen molar-refractivity contribution in [3.63, 3.8) is 0 Å². The van der Waals surface area contributed by atoms with Crippen molar-refractivity contribution in [3.05, 3.63) is 50.5 Å². The summed E-state index contributed by atoms with van der Waals surface area (Å²) in [6.45, 7) is 2.90. The maximum absolute atomic E-state index is 12.4. The number of amides is 1. The molecule has 0 aliphatic heterocycles. The van der Waals surface area contributed by atoms with Crippen molar-refractivity contribution in [2.75, 3.05) is 11.9 Å². The Hall–Kier alpha value is -3.01. The molecule has 1 aromatic heterocycles. The van der Waals surface area contributed by atoms with Gasteiger partial charge in [-0.3, -0.25) is 14.9 Å². The molecule has 0 fully saturated rings. The van der Waals surface area contributed by atoms with Crippen molar-refractivity contribution in [2.45, 2.75) is 20.3 Å². The molecule has 2 aromatic rings. The number of para-hydroxylation sites is 1. The average Bonchev–Trinajstić information content (AvgIpc) is 2.86. The standard InChI is InChI=1S/C15H15N3O6S/c1-9-13(7-8-23-18(21)22)25-15(16-9)17-14(20)11-5-3-4-6-12(11)24-10(2)19/h3-6H,7-8H2,1-2H3,(H,16,17,20). The van der Waals surface area contributed by atoms with E-state index in [-0.39, 0.29) is 17.9 Å². The van der Waals surface area contributed by atoms with E-state index >= 15 is 0 Å². The van der Waals surface area contributed by atoms with Crippen LogP contribution >= 0.6 is 11.3 Å². The van der Waals surface area contributed by atoms with E-state index in [0.29, 0.717) is 17.2 Å². The van der Waals surface area contributed by atoms with E-state index in [1.807, 2.05) is 0 Å². The molecule has 10 heteroatoms. The summed E-state index contributed by atoms with van der Waals surface area (Å²) in [5, 5.41) is 12.3. The number of nitrogens with one attached hydrogen (secondary N) is 1. The first-order valence-corrected chi connectivity index (χ1v) is 8.01. The highest BCUT2D eigenvalue weighted by Gasteiger charge is 2.16. The van der Waals surface area contributed by atoms with Gasteiger partial charge in [0, 0.05) is 18.2 Å². The SMILES string of the molecule is CC(=O)Oc1ccccc1C(=O)Nc1nc(C)c(CCO[N+](=O)[O-])s1. The predicted molar refractivity (Wildman–Crippen MR) is 89.2 cm³/mol. The van der Waals surface area contributed by atoms with Crippen LogP contribution in [-0.4, -0.2) is 28.6 Å². The van der Waals surface area contributed by atoms with E-state index in [4.69, 9.17) is 4.74 Å². The number of anilines is 1. The second-order valence-corrected chi connectivity index (χ2v) is 5.96. The molecule has 9 nitrogen and oxygen atoms in total. The number of nitrogens with zero attached hydrogens (tertiary/aromatic N) is 2. The minimum Gasteiger partial charge on any atom is -0.426 e. The largest absolute Gasteiger partial charge is 0.426 e. The molecule has 1 amide bonds. The van der Waals surface area contributed by atoms with Gasteiger partial charge in [0.25, 0.3) is 11.0 Å². The zero-order valence-corrected chi connectivity index (χ0v) is 14.3. The molecule has 0 aliphatic carbocycles. The van der Waals surface area contributed by atoms with Crippen molar-refractivity contribution in [1.29, 1.82) is 0 Å².